The van der Waals surface area contributed by atoms with E-state index in [1.54, 1.807) is 6.07 Å². The number of carbonyl (C=O) groups is 1. The highest BCUT2D eigenvalue weighted by Crippen LogP contribution is 2.35. The van der Waals surface area contributed by atoms with Gasteiger partial charge >= 0.3 is 0 Å². The van der Waals surface area contributed by atoms with E-state index in [2.05, 4.69) is 4.98 Å². The molecule has 2 heterocycles. The minimum Gasteiger partial charge on any atom is -0.397 e. The van der Waals surface area contributed by atoms with Crippen LogP contribution in [-0.4, -0.2) is 15.7 Å². The van der Waals surface area contributed by atoms with Crippen molar-refractivity contribution in [3.63, 3.8) is 0 Å². The van der Waals surface area contributed by atoms with Crippen LogP contribution >= 0.6 is 11.3 Å². The molecule has 0 spiro atoms. The summed E-state index contributed by atoms with van der Waals surface area (Å²) in [7, 11) is 0. The van der Waals surface area contributed by atoms with E-state index in [1.165, 1.54) is 29.5 Å². The predicted molar refractivity (Wildman–Crippen MR) is 106 cm³/mol. The summed E-state index contributed by atoms with van der Waals surface area (Å²) in [5.41, 5.74) is 8.38. The normalized spacial score (nSPS) is 10.8. The molecule has 0 saturated carbocycles. The van der Waals surface area contributed by atoms with E-state index in [-0.39, 0.29) is 17.0 Å². The lowest BCUT2D eigenvalue weighted by Crippen LogP contribution is -2.02. The SMILES string of the molecule is Nc1c(C(=O)c2cccc([N+](=O)[O-])c2)sc2nc(-c3ccccc3)ccc12. The van der Waals surface area contributed by atoms with E-state index < -0.39 is 4.92 Å². The number of thiophene rings is 1. The largest absolute Gasteiger partial charge is 0.397 e. The first-order valence-electron chi connectivity index (χ1n) is 8.08. The molecule has 0 radical (unpaired) electrons. The molecule has 2 aromatic heterocycles. The number of nitro benzene ring substituents is 1. The Morgan fingerprint density at radius 3 is 2.56 bits per heavy atom. The highest BCUT2D eigenvalue weighted by atomic mass is 32.1. The average molecular weight is 375 g/mol. The third-order valence-electron chi connectivity index (χ3n) is 4.19. The second-order valence-electron chi connectivity index (χ2n) is 5.90. The van der Waals surface area contributed by atoms with Crippen LogP contribution in [0.25, 0.3) is 21.5 Å². The summed E-state index contributed by atoms with van der Waals surface area (Å²) in [6, 6.07) is 19.1. The first-order chi connectivity index (χ1) is 13.0. The Kier molecular flexibility index (Phi) is 4.13. The Bertz CT molecular complexity index is 1190. The van der Waals surface area contributed by atoms with Gasteiger partial charge in [0.15, 0.2) is 0 Å². The summed E-state index contributed by atoms with van der Waals surface area (Å²) in [5, 5.41) is 11.7. The van der Waals surface area contributed by atoms with Gasteiger partial charge in [0, 0.05) is 28.6 Å². The number of non-ortho nitro benzene ring substituents is 1. The number of nitro groups is 1. The molecule has 0 bridgehead atoms. The van der Waals surface area contributed by atoms with Crippen LogP contribution in [0.5, 0.6) is 0 Å². The molecular formula is C20H13N3O3S. The van der Waals surface area contributed by atoms with E-state index in [9.17, 15) is 14.9 Å². The molecule has 2 N–H and O–H groups in total. The number of carbonyl (C=O) groups excluding carboxylic acids is 1. The fourth-order valence-electron chi connectivity index (χ4n) is 2.83. The molecular weight excluding hydrogens is 362 g/mol. The van der Waals surface area contributed by atoms with Crippen molar-refractivity contribution in [2.45, 2.75) is 0 Å². The van der Waals surface area contributed by atoms with Crippen molar-refractivity contribution in [1.29, 1.82) is 0 Å². The molecule has 0 atom stereocenters. The van der Waals surface area contributed by atoms with Gasteiger partial charge in [0.1, 0.15) is 9.71 Å². The molecule has 132 valence electrons. The molecule has 6 nitrogen and oxygen atoms in total. The van der Waals surface area contributed by atoms with Crippen molar-refractivity contribution in [2.24, 2.45) is 0 Å². The standard InChI is InChI=1S/C20H13N3O3S/c21-17-15-9-10-16(12-5-2-1-3-6-12)22-20(15)27-19(17)18(24)13-7-4-8-14(11-13)23(25)26/h1-11H,21H2. The number of nitrogens with two attached hydrogens (primary N) is 1. The van der Waals surface area contributed by atoms with Crippen molar-refractivity contribution >= 4 is 38.7 Å². The van der Waals surface area contributed by atoms with Crippen LogP contribution in [0.2, 0.25) is 0 Å². The summed E-state index contributed by atoms with van der Waals surface area (Å²) in [5.74, 6) is -0.347. The van der Waals surface area contributed by atoms with E-state index in [0.717, 1.165) is 11.3 Å². The molecule has 4 aromatic rings. The maximum atomic E-state index is 12.8. The minimum atomic E-state index is -0.529. The molecule has 0 aliphatic heterocycles. The molecule has 0 aliphatic rings. The van der Waals surface area contributed by atoms with Gasteiger partial charge in [-0.1, -0.05) is 42.5 Å². The molecule has 0 fully saturated rings. The highest BCUT2D eigenvalue weighted by Gasteiger charge is 2.20. The number of benzene rings is 2. The number of hydrogen-bond donors (Lipinski definition) is 1. The Balaban J connectivity index is 1.78. The number of pyridine rings is 1. The van der Waals surface area contributed by atoms with Gasteiger partial charge in [0.05, 0.1) is 16.3 Å². The van der Waals surface area contributed by atoms with E-state index in [1.807, 2.05) is 42.5 Å². The smallest absolute Gasteiger partial charge is 0.270 e. The third kappa shape index (κ3) is 3.04. The van der Waals surface area contributed by atoms with Crippen LogP contribution in [-0.2, 0) is 0 Å². The predicted octanol–water partition coefficient (Wildman–Crippen LogP) is 4.68. The van der Waals surface area contributed by atoms with Crippen molar-refractivity contribution in [3.8, 4) is 11.3 Å². The van der Waals surface area contributed by atoms with Crippen molar-refractivity contribution in [1.82, 2.24) is 4.98 Å². The van der Waals surface area contributed by atoms with E-state index in [4.69, 9.17) is 5.73 Å². The maximum Gasteiger partial charge on any atom is 0.270 e. The zero-order valence-electron chi connectivity index (χ0n) is 14.0. The number of aromatic nitrogens is 1. The third-order valence-corrected chi connectivity index (χ3v) is 5.30. The fourth-order valence-corrected chi connectivity index (χ4v) is 3.88. The second-order valence-corrected chi connectivity index (χ2v) is 6.90. The lowest BCUT2D eigenvalue weighted by Gasteiger charge is -2.00. The van der Waals surface area contributed by atoms with Crippen LogP contribution in [0.1, 0.15) is 15.2 Å². The number of hydrogen-bond acceptors (Lipinski definition) is 6. The Hall–Kier alpha value is -3.58. The van der Waals surface area contributed by atoms with Crippen LogP contribution in [0.4, 0.5) is 11.4 Å². The van der Waals surface area contributed by atoms with Gasteiger partial charge < -0.3 is 5.73 Å². The summed E-state index contributed by atoms with van der Waals surface area (Å²) < 4.78 is 0. The number of ketones is 1. The first-order valence-corrected chi connectivity index (χ1v) is 8.90. The molecule has 0 amide bonds. The average Bonchev–Trinajstić information content (AvgIpc) is 3.04. The second kappa shape index (κ2) is 6.62. The quantitative estimate of drug-likeness (QED) is 0.317. The van der Waals surface area contributed by atoms with Crippen LogP contribution in [0.15, 0.2) is 66.7 Å². The van der Waals surface area contributed by atoms with Gasteiger partial charge in [0.2, 0.25) is 5.78 Å². The zero-order valence-corrected chi connectivity index (χ0v) is 14.8. The molecule has 0 unspecified atom stereocenters. The molecule has 27 heavy (non-hydrogen) atoms. The molecule has 2 aromatic carbocycles. The number of rotatable bonds is 4. The monoisotopic (exact) mass is 375 g/mol. The van der Waals surface area contributed by atoms with E-state index in [0.29, 0.717) is 20.8 Å². The van der Waals surface area contributed by atoms with Gasteiger partial charge in [-0.2, -0.15) is 0 Å². The maximum absolute atomic E-state index is 12.8. The Morgan fingerprint density at radius 1 is 1.04 bits per heavy atom. The molecule has 0 aliphatic carbocycles. The zero-order chi connectivity index (χ0) is 19.0. The van der Waals surface area contributed by atoms with Gasteiger partial charge in [-0.25, -0.2) is 4.98 Å². The van der Waals surface area contributed by atoms with Crippen LogP contribution < -0.4 is 5.73 Å². The van der Waals surface area contributed by atoms with Crippen molar-refractivity contribution < 1.29 is 9.72 Å². The van der Waals surface area contributed by atoms with Gasteiger partial charge in [-0.3, -0.25) is 14.9 Å². The highest BCUT2D eigenvalue weighted by molar-refractivity contribution is 7.21. The molecule has 7 heteroatoms. The van der Waals surface area contributed by atoms with Crippen molar-refractivity contribution in [2.75, 3.05) is 5.73 Å². The summed E-state index contributed by atoms with van der Waals surface area (Å²) in [6.07, 6.45) is 0. The fraction of sp³-hybridized carbons (Fsp3) is 0. The number of fused-ring (bicyclic) bond motifs is 1. The van der Waals surface area contributed by atoms with Gasteiger partial charge in [-0.05, 0) is 12.1 Å². The number of nitrogen functional groups attached to an aromatic ring is 1. The number of anilines is 1. The van der Waals surface area contributed by atoms with Crippen LogP contribution in [0, 0.1) is 10.1 Å². The van der Waals surface area contributed by atoms with Gasteiger partial charge in [0.25, 0.3) is 5.69 Å². The van der Waals surface area contributed by atoms with Crippen LogP contribution in [0.3, 0.4) is 0 Å². The summed E-state index contributed by atoms with van der Waals surface area (Å²) in [4.78, 5) is 28.9. The number of nitrogens with zero attached hydrogens (tertiary/aromatic N) is 2. The molecule has 4 rings (SSSR count). The topological polar surface area (TPSA) is 99.1 Å². The Labute approximate surface area is 158 Å². The summed E-state index contributed by atoms with van der Waals surface area (Å²) >= 11 is 1.19. The van der Waals surface area contributed by atoms with Crippen molar-refractivity contribution in [3.05, 3.63) is 87.3 Å². The summed E-state index contributed by atoms with van der Waals surface area (Å²) in [6.45, 7) is 0. The van der Waals surface area contributed by atoms with E-state index >= 15 is 0 Å². The van der Waals surface area contributed by atoms with Gasteiger partial charge in [-0.15, -0.1) is 11.3 Å². The lowest BCUT2D eigenvalue weighted by atomic mass is 10.1. The minimum absolute atomic E-state index is 0.134. The lowest BCUT2D eigenvalue weighted by molar-refractivity contribution is -0.384. The first kappa shape index (κ1) is 16.9. The Morgan fingerprint density at radius 2 is 1.81 bits per heavy atom. The molecule has 0 saturated heterocycles.